The molecule has 0 bridgehead atoms. The Morgan fingerprint density at radius 3 is 2.32 bits per heavy atom. The van der Waals surface area contributed by atoms with Gasteiger partial charge in [0.15, 0.2) is 5.78 Å². The Labute approximate surface area is 183 Å². The molecule has 31 heavy (non-hydrogen) atoms. The lowest BCUT2D eigenvalue weighted by Gasteiger charge is -2.13. The van der Waals surface area contributed by atoms with Crippen molar-refractivity contribution in [3.05, 3.63) is 82.5 Å². The van der Waals surface area contributed by atoms with Crippen LogP contribution < -0.4 is 0 Å². The topological polar surface area (TPSA) is 87.0 Å². The lowest BCUT2D eigenvalue weighted by molar-refractivity contribution is 0.104. The van der Waals surface area contributed by atoms with Crippen LogP contribution in [0.2, 0.25) is 0 Å². The van der Waals surface area contributed by atoms with Crippen molar-refractivity contribution in [1.82, 2.24) is 0 Å². The summed E-state index contributed by atoms with van der Waals surface area (Å²) in [5, 5.41) is 30.2. The van der Waals surface area contributed by atoms with E-state index in [2.05, 4.69) is 6.08 Å². The largest absolute Gasteiger partial charge is 0.508 e. The molecule has 1 unspecified atom stereocenters. The van der Waals surface area contributed by atoms with Crippen molar-refractivity contribution in [2.75, 3.05) is 7.11 Å². The summed E-state index contributed by atoms with van der Waals surface area (Å²) >= 11 is 0. The first-order valence-corrected chi connectivity index (χ1v) is 10.1. The Balaban J connectivity index is 2.17. The molecule has 2 aromatic rings. The maximum absolute atomic E-state index is 12.3. The fraction of sp³-hybridized carbons (Fsp3) is 0.269. The molecule has 0 aliphatic heterocycles. The van der Waals surface area contributed by atoms with Gasteiger partial charge in [0.2, 0.25) is 0 Å². The summed E-state index contributed by atoms with van der Waals surface area (Å²) in [5.74, 6) is -0.237. The molecule has 0 aliphatic rings. The van der Waals surface area contributed by atoms with Gasteiger partial charge < -0.3 is 20.1 Å². The van der Waals surface area contributed by atoms with Crippen molar-refractivity contribution in [2.45, 2.75) is 39.7 Å². The van der Waals surface area contributed by atoms with E-state index in [-0.39, 0.29) is 29.1 Å². The first-order chi connectivity index (χ1) is 14.7. The summed E-state index contributed by atoms with van der Waals surface area (Å²) in [6.07, 6.45) is 7.92. The number of allylic oxidation sites excluding steroid dienone is 3. The van der Waals surface area contributed by atoms with Crippen LogP contribution >= 0.6 is 0 Å². The van der Waals surface area contributed by atoms with Crippen LogP contribution in [-0.2, 0) is 11.2 Å². The van der Waals surface area contributed by atoms with E-state index in [1.54, 1.807) is 13.2 Å². The van der Waals surface area contributed by atoms with Gasteiger partial charge in [0, 0.05) is 23.8 Å². The smallest absolute Gasteiger partial charge is 0.185 e. The van der Waals surface area contributed by atoms with Crippen molar-refractivity contribution in [2.24, 2.45) is 0 Å². The van der Waals surface area contributed by atoms with Crippen LogP contribution in [0.3, 0.4) is 0 Å². The van der Waals surface area contributed by atoms with Gasteiger partial charge in [-0.05, 0) is 82.2 Å². The molecule has 164 valence electrons. The van der Waals surface area contributed by atoms with Gasteiger partial charge in [-0.25, -0.2) is 0 Å². The fourth-order valence-corrected chi connectivity index (χ4v) is 3.13. The van der Waals surface area contributed by atoms with Crippen molar-refractivity contribution < 1.29 is 24.9 Å². The number of rotatable bonds is 9. The number of carbonyl (C=O) groups is 1. The molecular formula is C26H30O5. The highest BCUT2D eigenvalue weighted by molar-refractivity contribution is 6.07. The number of ether oxygens (including phenoxy) is 1. The van der Waals surface area contributed by atoms with E-state index in [0.717, 1.165) is 5.57 Å². The van der Waals surface area contributed by atoms with E-state index in [0.29, 0.717) is 29.5 Å². The third kappa shape index (κ3) is 7.15. The van der Waals surface area contributed by atoms with E-state index >= 15 is 0 Å². The highest BCUT2D eigenvalue weighted by Gasteiger charge is 2.11. The fourth-order valence-electron chi connectivity index (χ4n) is 3.13. The van der Waals surface area contributed by atoms with Crippen LogP contribution in [0, 0.1) is 0 Å². The Morgan fingerprint density at radius 1 is 1.03 bits per heavy atom. The molecule has 2 rings (SSSR count). The standard InChI is InChI=1S/C26H30O5/c1-17(2)15-22(31-4)16-18(3)5-12-23-25(29)14-9-20(26(23)30)8-13-24(28)19-6-10-21(27)11-7-19/h5-11,13-15,22,27,29-30H,12,16H2,1-4H3. The van der Waals surface area contributed by atoms with Crippen LogP contribution in [0.15, 0.2) is 65.8 Å². The maximum Gasteiger partial charge on any atom is 0.185 e. The average molecular weight is 423 g/mol. The number of methoxy groups -OCH3 is 1. The van der Waals surface area contributed by atoms with E-state index in [9.17, 15) is 20.1 Å². The van der Waals surface area contributed by atoms with Crippen molar-refractivity contribution in [3.63, 3.8) is 0 Å². The molecule has 2 aromatic carbocycles. The second-order valence-electron chi connectivity index (χ2n) is 7.72. The number of carbonyl (C=O) groups excluding carboxylic acids is 1. The van der Waals surface area contributed by atoms with Gasteiger partial charge in [-0.3, -0.25) is 4.79 Å². The molecule has 0 saturated carbocycles. The molecule has 5 heteroatoms. The molecule has 0 saturated heterocycles. The molecule has 0 amide bonds. The van der Waals surface area contributed by atoms with E-state index in [1.807, 2.05) is 26.8 Å². The van der Waals surface area contributed by atoms with Gasteiger partial charge in [0.05, 0.1) is 6.10 Å². The molecule has 0 fully saturated rings. The van der Waals surface area contributed by atoms with E-state index < -0.39 is 0 Å². The number of hydrogen-bond acceptors (Lipinski definition) is 5. The molecule has 0 aliphatic carbocycles. The van der Waals surface area contributed by atoms with Crippen molar-refractivity contribution >= 4 is 11.9 Å². The van der Waals surface area contributed by atoms with Gasteiger partial charge in [-0.15, -0.1) is 0 Å². The lowest BCUT2D eigenvalue weighted by atomic mass is 10.0. The Morgan fingerprint density at radius 2 is 1.71 bits per heavy atom. The molecule has 0 radical (unpaired) electrons. The first-order valence-electron chi connectivity index (χ1n) is 10.1. The monoisotopic (exact) mass is 422 g/mol. The van der Waals surface area contributed by atoms with Gasteiger partial charge >= 0.3 is 0 Å². The lowest BCUT2D eigenvalue weighted by Crippen LogP contribution is -2.08. The molecule has 3 N–H and O–H groups in total. The van der Waals surface area contributed by atoms with Crippen LogP contribution in [0.5, 0.6) is 17.2 Å². The summed E-state index contributed by atoms with van der Waals surface area (Å²) < 4.78 is 5.48. The van der Waals surface area contributed by atoms with E-state index in [1.165, 1.54) is 48.1 Å². The third-order valence-corrected chi connectivity index (χ3v) is 4.86. The highest BCUT2D eigenvalue weighted by Crippen LogP contribution is 2.32. The SMILES string of the molecule is COC(C=C(C)C)CC(C)=CCc1c(O)ccc(C=CC(=O)c2ccc(O)cc2)c1O. The third-order valence-electron chi connectivity index (χ3n) is 4.86. The molecule has 5 nitrogen and oxygen atoms in total. The zero-order chi connectivity index (χ0) is 23.0. The predicted octanol–water partition coefficient (Wildman–Crippen LogP) is 5.56. The minimum absolute atomic E-state index is 0.00356. The Bertz CT molecular complexity index is 993. The van der Waals surface area contributed by atoms with Gasteiger partial charge in [-0.2, -0.15) is 0 Å². The number of phenols is 3. The van der Waals surface area contributed by atoms with Crippen LogP contribution in [0.1, 0.15) is 48.7 Å². The second kappa shape index (κ2) is 11.2. The average Bonchev–Trinajstić information content (AvgIpc) is 2.72. The Hall–Kier alpha value is -3.31. The minimum Gasteiger partial charge on any atom is -0.508 e. The zero-order valence-corrected chi connectivity index (χ0v) is 18.4. The van der Waals surface area contributed by atoms with Crippen LogP contribution in [0.4, 0.5) is 0 Å². The van der Waals surface area contributed by atoms with Crippen LogP contribution in [-0.4, -0.2) is 34.3 Å². The molecule has 0 aromatic heterocycles. The first kappa shape index (κ1) is 24.0. The Kier molecular flexibility index (Phi) is 8.64. The summed E-state index contributed by atoms with van der Waals surface area (Å²) in [7, 11) is 1.67. The molecular weight excluding hydrogens is 392 g/mol. The van der Waals surface area contributed by atoms with Crippen LogP contribution in [0.25, 0.3) is 6.08 Å². The molecule has 0 heterocycles. The zero-order valence-electron chi connectivity index (χ0n) is 18.4. The molecule has 1 atom stereocenters. The quantitative estimate of drug-likeness (QED) is 0.280. The second-order valence-corrected chi connectivity index (χ2v) is 7.72. The van der Waals surface area contributed by atoms with Crippen molar-refractivity contribution in [1.29, 1.82) is 0 Å². The number of ketones is 1. The van der Waals surface area contributed by atoms with Crippen molar-refractivity contribution in [3.8, 4) is 17.2 Å². The number of hydrogen-bond donors (Lipinski definition) is 3. The summed E-state index contributed by atoms with van der Waals surface area (Å²) in [5.41, 5.74) is 3.51. The van der Waals surface area contributed by atoms with Gasteiger partial charge in [0.25, 0.3) is 0 Å². The summed E-state index contributed by atoms with van der Waals surface area (Å²) in [6.45, 7) is 6.03. The normalized spacial score (nSPS) is 12.7. The molecule has 0 spiro atoms. The van der Waals surface area contributed by atoms with E-state index in [4.69, 9.17) is 4.74 Å². The number of phenolic OH excluding ortho intramolecular Hbond substituents is 3. The van der Waals surface area contributed by atoms with Gasteiger partial charge in [0.1, 0.15) is 17.2 Å². The van der Waals surface area contributed by atoms with Gasteiger partial charge in [-0.1, -0.05) is 23.3 Å². The summed E-state index contributed by atoms with van der Waals surface area (Å²) in [4.78, 5) is 12.3. The number of benzene rings is 2. The minimum atomic E-state index is -0.255. The summed E-state index contributed by atoms with van der Waals surface area (Å²) in [6, 6.07) is 9.00. The maximum atomic E-state index is 12.3. The highest BCUT2D eigenvalue weighted by atomic mass is 16.5. The predicted molar refractivity (Wildman–Crippen MR) is 124 cm³/mol. The number of aromatic hydroxyl groups is 3.